The quantitative estimate of drug-likeness (QED) is 0.635. The minimum atomic E-state index is -3.59. The number of carboxylic acid groups (broad SMARTS) is 1. The number of likely N-dealkylation sites (tertiary alicyclic amines) is 1. The molecule has 24 heavy (non-hydrogen) atoms. The van der Waals surface area contributed by atoms with E-state index in [1.54, 1.807) is 13.0 Å². The topological polar surface area (TPSA) is 116 Å². The van der Waals surface area contributed by atoms with E-state index in [4.69, 9.17) is 5.11 Å². The summed E-state index contributed by atoms with van der Waals surface area (Å²) in [5, 5.41) is 11.5. The molecule has 8 nitrogen and oxygen atoms in total. The number of carboxylic acids is 1. The molecule has 1 atom stereocenters. The maximum Gasteiger partial charge on any atom is 0.317 e. The molecule has 0 bridgehead atoms. The Balaban J connectivity index is 1.78. The number of hydrogen-bond donors (Lipinski definition) is 3. The predicted molar refractivity (Wildman–Crippen MR) is 89.7 cm³/mol. The van der Waals surface area contributed by atoms with Crippen LogP contribution in [0.3, 0.4) is 0 Å². The van der Waals surface area contributed by atoms with Crippen molar-refractivity contribution in [3.05, 3.63) is 15.8 Å². The van der Waals surface area contributed by atoms with Crippen molar-refractivity contribution in [1.82, 2.24) is 14.9 Å². The molecule has 10 heteroatoms. The number of hydrogen-bond acceptors (Lipinski definition) is 5. The van der Waals surface area contributed by atoms with Gasteiger partial charge in [0.2, 0.25) is 10.0 Å². The summed E-state index contributed by atoms with van der Waals surface area (Å²) in [5.41, 5.74) is 0. The Kier molecular flexibility index (Phi) is 5.83. The van der Waals surface area contributed by atoms with Crippen molar-refractivity contribution < 1.29 is 23.1 Å². The zero-order valence-electron chi connectivity index (χ0n) is 13.5. The van der Waals surface area contributed by atoms with Crippen LogP contribution in [0, 0.1) is 19.8 Å². The third kappa shape index (κ3) is 4.46. The zero-order chi connectivity index (χ0) is 17.9. The highest BCUT2D eigenvalue weighted by molar-refractivity contribution is 7.89. The van der Waals surface area contributed by atoms with E-state index in [9.17, 15) is 18.0 Å². The second kappa shape index (κ2) is 7.49. The van der Waals surface area contributed by atoms with E-state index in [1.165, 1.54) is 16.2 Å². The largest absolute Gasteiger partial charge is 0.481 e. The first-order valence-electron chi connectivity index (χ1n) is 7.53. The van der Waals surface area contributed by atoms with Crippen LogP contribution >= 0.6 is 11.3 Å². The van der Waals surface area contributed by atoms with Gasteiger partial charge in [-0.1, -0.05) is 0 Å². The van der Waals surface area contributed by atoms with Crippen molar-refractivity contribution in [2.75, 3.05) is 26.2 Å². The molecule has 1 saturated heterocycles. The SMILES string of the molecule is Cc1cc(S(=O)(=O)NCCNC(=O)N2CCC(C(=O)O)C2)c(C)s1. The van der Waals surface area contributed by atoms with Gasteiger partial charge in [-0.3, -0.25) is 4.79 Å². The van der Waals surface area contributed by atoms with Gasteiger partial charge in [0, 0.05) is 35.9 Å². The summed E-state index contributed by atoms with van der Waals surface area (Å²) >= 11 is 1.42. The molecule has 3 N–H and O–H groups in total. The van der Waals surface area contributed by atoms with Gasteiger partial charge in [0.1, 0.15) is 0 Å². The number of amides is 2. The van der Waals surface area contributed by atoms with Crippen LogP contribution in [-0.4, -0.2) is 56.6 Å². The van der Waals surface area contributed by atoms with Crippen LogP contribution in [0.25, 0.3) is 0 Å². The molecule has 1 aromatic heterocycles. The Bertz CT molecular complexity index is 729. The lowest BCUT2D eigenvalue weighted by Crippen LogP contribution is -2.42. The van der Waals surface area contributed by atoms with Crippen LogP contribution < -0.4 is 10.0 Å². The normalized spacial score (nSPS) is 17.9. The highest BCUT2D eigenvalue weighted by atomic mass is 32.2. The molecule has 0 radical (unpaired) electrons. The fourth-order valence-corrected chi connectivity index (χ4v) is 5.15. The van der Waals surface area contributed by atoms with Crippen LogP contribution in [-0.2, 0) is 14.8 Å². The number of aryl methyl sites for hydroxylation is 2. The van der Waals surface area contributed by atoms with Crippen LogP contribution in [0.4, 0.5) is 4.79 Å². The molecular formula is C14H21N3O5S2. The van der Waals surface area contributed by atoms with Gasteiger partial charge in [-0.05, 0) is 26.3 Å². The van der Waals surface area contributed by atoms with Crippen LogP contribution in [0.5, 0.6) is 0 Å². The fourth-order valence-electron chi connectivity index (χ4n) is 2.56. The first-order valence-corrected chi connectivity index (χ1v) is 9.83. The molecule has 0 saturated carbocycles. The molecule has 1 fully saturated rings. The van der Waals surface area contributed by atoms with Gasteiger partial charge in [0.05, 0.1) is 10.8 Å². The number of nitrogens with one attached hydrogen (secondary N) is 2. The molecule has 0 aromatic carbocycles. The summed E-state index contributed by atoms with van der Waals surface area (Å²) < 4.78 is 26.8. The maximum absolute atomic E-state index is 12.2. The second-order valence-corrected chi connectivity index (χ2v) is 8.87. The number of sulfonamides is 1. The molecular weight excluding hydrogens is 354 g/mol. The molecule has 2 heterocycles. The molecule has 0 spiro atoms. The number of nitrogens with zero attached hydrogens (tertiary/aromatic N) is 1. The van der Waals surface area contributed by atoms with Crippen LogP contribution in [0.2, 0.25) is 0 Å². The van der Waals surface area contributed by atoms with Gasteiger partial charge in [0.25, 0.3) is 0 Å². The Morgan fingerprint density at radius 2 is 2.08 bits per heavy atom. The van der Waals surface area contributed by atoms with Crippen molar-refractivity contribution in [3.63, 3.8) is 0 Å². The lowest BCUT2D eigenvalue weighted by atomic mass is 10.1. The highest BCUT2D eigenvalue weighted by Crippen LogP contribution is 2.24. The molecule has 1 aromatic rings. The number of carbonyl (C=O) groups is 2. The number of thiophene rings is 1. The second-order valence-electron chi connectivity index (χ2n) is 5.68. The zero-order valence-corrected chi connectivity index (χ0v) is 15.2. The summed E-state index contributed by atoms with van der Waals surface area (Å²) in [7, 11) is -3.59. The Labute approximate surface area is 144 Å². The van der Waals surface area contributed by atoms with E-state index in [0.29, 0.717) is 13.0 Å². The fraction of sp³-hybridized carbons (Fsp3) is 0.571. The Morgan fingerprint density at radius 3 is 2.62 bits per heavy atom. The summed E-state index contributed by atoms with van der Waals surface area (Å²) in [4.78, 5) is 26.1. The number of rotatable bonds is 6. The lowest BCUT2D eigenvalue weighted by Gasteiger charge is -2.16. The lowest BCUT2D eigenvalue weighted by molar-refractivity contribution is -0.141. The van der Waals surface area contributed by atoms with Gasteiger partial charge in [-0.2, -0.15) is 0 Å². The minimum Gasteiger partial charge on any atom is -0.481 e. The Hall–Kier alpha value is -1.65. The van der Waals surface area contributed by atoms with Gasteiger partial charge >= 0.3 is 12.0 Å². The van der Waals surface area contributed by atoms with Crippen molar-refractivity contribution in [1.29, 1.82) is 0 Å². The highest BCUT2D eigenvalue weighted by Gasteiger charge is 2.30. The molecule has 134 valence electrons. The van der Waals surface area contributed by atoms with Crippen molar-refractivity contribution in [3.8, 4) is 0 Å². The third-order valence-electron chi connectivity index (χ3n) is 3.80. The van der Waals surface area contributed by atoms with E-state index >= 15 is 0 Å². The summed E-state index contributed by atoms with van der Waals surface area (Å²) in [5.74, 6) is -1.43. The van der Waals surface area contributed by atoms with Crippen LogP contribution in [0.15, 0.2) is 11.0 Å². The molecule has 1 aliphatic rings. The smallest absolute Gasteiger partial charge is 0.317 e. The first kappa shape index (κ1) is 18.7. The molecule has 1 aliphatic heterocycles. The van der Waals surface area contributed by atoms with E-state index in [1.807, 2.05) is 6.92 Å². The van der Waals surface area contributed by atoms with Crippen molar-refractivity contribution >= 4 is 33.4 Å². The maximum atomic E-state index is 12.2. The molecule has 2 amide bonds. The average Bonchev–Trinajstić information content (AvgIpc) is 3.10. The standard InChI is InChI=1S/C14H21N3O5S2/c1-9-7-12(10(2)23-9)24(21,22)16-5-4-15-14(20)17-6-3-11(8-17)13(18)19/h7,11,16H,3-6,8H2,1-2H3,(H,15,20)(H,18,19). The summed E-state index contributed by atoms with van der Waals surface area (Å²) in [6, 6.07) is 1.25. The number of urea groups is 1. The van der Waals surface area contributed by atoms with Crippen molar-refractivity contribution in [2.45, 2.75) is 25.2 Å². The number of carbonyl (C=O) groups excluding carboxylic acids is 1. The molecule has 0 aliphatic carbocycles. The van der Waals surface area contributed by atoms with E-state index < -0.39 is 21.9 Å². The minimum absolute atomic E-state index is 0.0681. The van der Waals surface area contributed by atoms with Crippen molar-refractivity contribution in [2.24, 2.45) is 5.92 Å². The Morgan fingerprint density at radius 1 is 1.38 bits per heavy atom. The third-order valence-corrected chi connectivity index (χ3v) is 6.49. The van der Waals surface area contributed by atoms with Gasteiger partial charge in [-0.15, -0.1) is 11.3 Å². The summed E-state index contributed by atoms with van der Waals surface area (Å²) in [6.45, 7) is 4.37. The average molecular weight is 375 g/mol. The molecule has 2 rings (SSSR count). The van der Waals surface area contributed by atoms with E-state index in [0.717, 1.165) is 9.75 Å². The number of aliphatic carboxylic acids is 1. The first-order chi connectivity index (χ1) is 11.2. The van der Waals surface area contributed by atoms with Gasteiger partial charge in [0.15, 0.2) is 0 Å². The van der Waals surface area contributed by atoms with Crippen LogP contribution in [0.1, 0.15) is 16.2 Å². The summed E-state index contributed by atoms with van der Waals surface area (Å²) in [6.07, 6.45) is 0.437. The van der Waals surface area contributed by atoms with Gasteiger partial charge < -0.3 is 15.3 Å². The molecule has 1 unspecified atom stereocenters. The monoisotopic (exact) mass is 375 g/mol. The van der Waals surface area contributed by atoms with E-state index in [2.05, 4.69) is 10.0 Å². The van der Waals surface area contributed by atoms with Gasteiger partial charge in [-0.25, -0.2) is 17.9 Å². The van der Waals surface area contributed by atoms with E-state index in [-0.39, 0.29) is 30.6 Å². The predicted octanol–water partition coefficient (Wildman–Crippen LogP) is 0.759.